The van der Waals surface area contributed by atoms with Gasteiger partial charge in [-0.2, -0.15) is 0 Å². The van der Waals surface area contributed by atoms with Crippen LogP contribution in [0.5, 0.6) is 0 Å². The smallest absolute Gasteiger partial charge is 0.187 e. The maximum absolute atomic E-state index is 12.4. The summed E-state index contributed by atoms with van der Waals surface area (Å²) >= 11 is 0. The van der Waals surface area contributed by atoms with E-state index in [0.29, 0.717) is 19.3 Å². The summed E-state index contributed by atoms with van der Waals surface area (Å²) in [4.78, 5) is 0. The third-order valence-electron chi connectivity index (χ3n) is 18.9. The lowest BCUT2D eigenvalue weighted by atomic mass is 9.34. The van der Waals surface area contributed by atoms with Crippen molar-refractivity contribution in [3.63, 3.8) is 0 Å². The van der Waals surface area contributed by atoms with Crippen LogP contribution in [0.25, 0.3) is 0 Å². The van der Waals surface area contributed by atoms with E-state index in [1.807, 2.05) is 0 Å². The first-order valence-corrected chi connectivity index (χ1v) is 24.1. The summed E-state index contributed by atoms with van der Waals surface area (Å²) in [5, 5.41) is 132. The van der Waals surface area contributed by atoms with Crippen LogP contribution in [0.15, 0.2) is 23.3 Å². The standard InChI is InChI=1S/C48H78O18/c1-21-29(51)31(53)35(57)41(62-21)66-37-25(19-61-40-34(56)32(54)30(52)24(18-49)63-40)64-42(36(58)33(37)55)65-28-12-13-45(6)26(44(28,4)5)11-14-46(7)27(45)10-9-22-23-17-43(2,3)15-16-48(23,20-50)39(60)38(59)47(22,46)8/h9-10,21,24-42,49-60H,11-20H2,1-8H3/t21-,24+,25+,26-,27+,28-,29-,30+,31+,32-,33+,34+,35+,36+,37+,38-,39-,40+,41-,42-,45-,46+,47-,48+/m0/s1. The molecule has 0 aromatic carbocycles. The first-order chi connectivity index (χ1) is 30.7. The Kier molecular flexibility index (Phi) is 13.8. The van der Waals surface area contributed by atoms with Gasteiger partial charge in [0.25, 0.3) is 0 Å². The van der Waals surface area contributed by atoms with Crippen LogP contribution in [0.4, 0.5) is 0 Å². The first kappa shape index (κ1) is 51.1. The van der Waals surface area contributed by atoms with Crippen molar-refractivity contribution in [2.75, 3.05) is 19.8 Å². The number of hydrogen-bond acceptors (Lipinski definition) is 18. The second kappa shape index (κ2) is 17.8. The molecule has 0 spiro atoms. The Morgan fingerprint density at radius 2 is 1.26 bits per heavy atom. The quantitative estimate of drug-likeness (QED) is 0.130. The summed E-state index contributed by atoms with van der Waals surface area (Å²) in [5.41, 5.74) is -0.969. The second-order valence-corrected chi connectivity index (χ2v) is 23.3. The second-order valence-electron chi connectivity index (χ2n) is 23.3. The van der Waals surface area contributed by atoms with Crippen LogP contribution in [0.2, 0.25) is 0 Å². The Balaban J connectivity index is 1.05. The molecule has 3 saturated carbocycles. The van der Waals surface area contributed by atoms with Crippen LogP contribution in [0.3, 0.4) is 0 Å². The van der Waals surface area contributed by atoms with E-state index in [1.54, 1.807) is 0 Å². The maximum Gasteiger partial charge on any atom is 0.187 e. The van der Waals surface area contributed by atoms with E-state index in [-0.39, 0.29) is 29.3 Å². The summed E-state index contributed by atoms with van der Waals surface area (Å²) in [6.07, 6.45) is -16.8. The Morgan fingerprint density at radius 1 is 0.636 bits per heavy atom. The number of aliphatic hydroxyl groups is 12. The minimum absolute atomic E-state index is 0.0155. The van der Waals surface area contributed by atoms with Crippen molar-refractivity contribution in [2.24, 2.45) is 44.3 Å². The Labute approximate surface area is 387 Å². The third kappa shape index (κ3) is 7.66. The molecule has 0 radical (unpaired) electrons. The summed E-state index contributed by atoms with van der Waals surface area (Å²) in [6.45, 7) is 15.3. The van der Waals surface area contributed by atoms with Crippen molar-refractivity contribution in [3.8, 4) is 0 Å². The van der Waals surface area contributed by atoms with Crippen LogP contribution >= 0.6 is 0 Å². The fraction of sp³-hybridized carbons (Fsp3) is 0.917. The van der Waals surface area contributed by atoms with Crippen LogP contribution in [-0.2, 0) is 28.4 Å². The zero-order valence-corrected chi connectivity index (χ0v) is 39.6. The van der Waals surface area contributed by atoms with Gasteiger partial charge in [-0.25, -0.2) is 0 Å². The summed E-state index contributed by atoms with van der Waals surface area (Å²) in [6, 6.07) is 0. The highest BCUT2D eigenvalue weighted by Crippen LogP contribution is 2.74. The molecule has 0 unspecified atom stereocenters. The lowest BCUT2D eigenvalue weighted by Crippen LogP contribution is -2.69. The van der Waals surface area contributed by atoms with Crippen molar-refractivity contribution < 1.29 is 89.7 Å². The molecule has 66 heavy (non-hydrogen) atoms. The van der Waals surface area contributed by atoms with Crippen molar-refractivity contribution in [1.29, 1.82) is 0 Å². The molecule has 0 aromatic heterocycles. The number of ether oxygens (including phenoxy) is 6. The SMILES string of the molecule is C[C@@H]1O[C@@H](O[C@H]2[C@H](O)[C@@H](O)[C@H](O[C@H]3CC[C@]4(C)[C@H]5C=CC6=C7CC(C)(C)CC[C@]7(CO)[C@@H](O)[C@H](O)[C@@]6(C)[C@]5(C)CC[C@H]4C3(C)C)O[C@@H]2CO[C@@H]2O[C@H](CO)[C@@H](O)[C@H](O)[C@H]2O)[C@H](O)[C@H](O)[C@H]1O. The van der Waals surface area contributed by atoms with E-state index < -0.39 is 145 Å². The molecular weight excluding hydrogens is 865 g/mol. The normalized spacial score (nSPS) is 54.5. The summed E-state index contributed by atoms with van der Waals surface area (Å²) < 4.78 is 36.2. The number of aliphatic hydroxyl groups excluding tert-OH is 12. The topological polar surface area (TPSA) is 298 Å². The number of fused-ring (bicyclic) bond motifs is 6. The van der Waals surface area contributed by atoms with Crippen LogP contribution < -0.4 is 0 Å². The molecule has 24 atom stereocenters. The van der Waals surface area contributed by atoms with Gasteiger partial charge in [-0.1, -0.05) is 66.2 Å². The molecule has 0 amide bonds. The zero-order valence-electron chi connectivity index (χ0n) is 39.6. The molecule has 0 aromatic rings. The van der Waals surface area contributed by atoms with Crippen LogP contribution in [0.1, 0.15) is 100 Å². The van der Waals surface area contributed by atoms with E-state index in [4.69, 9.17) is 28.4 Å². The molecule has 3 aliphatic heterocycles. The van der Waals surface area contributed by atoms with E-state index in [1.165, 1.54) is 6.92 Å². The van der Waals surface area contributed by atoms with Gasteiger partial charge in [0, 0.05) is 10.8 Å². The fourth-order valence-corrected chi connectivity index (χ4v) is 14.5. The third-order valence-corrected chi connectivity index (χ3v) is 18.9. The summed E-state index contributed by atoms with van der Waals surface area (Å²) in [7, 11) is 0. The van der Waals surface area contributed by atoms with E-state index in [0.717, 1.165) is 36.8 Å². The lowest BCUT2D eigenvalue weighted by Gasteiger charge is -2.71. The Morgan fingerprint density at radius 3 is 1.92 bits per heavy atom. The first-order valence-electron chi connectivity index (χ1n) is 24.1. The Bertz CT molecular complexity index is 1830. The minimum Gasteiger partial charge on any atom is -0.395 e. The average Bonchev–Trinajstić information content (AvgIpc) is 3.26. The van der Waals surface area contributed by atoms with Crippen LogP contribution in [0, 0.1) is 44.3 Å². The molecule has 12 N–H and O–H groups in total. The van der Waals surface area contributed by atoms with Gasteiger partial charge in [0.05, 0.1) is 44.2 Å². The van der Waals surface area contributed by atoms with E-state index in [2.05, 4.69) is 60.6 Å². The van der Waals surface area contributed by atoms with Gasteiger partial charge in [-0.05, 0) is 90.9 Å². The molecule has 0 bridgehead atoms. The van der Waals surface area contributed by atoms with Gasteiger partial charge in [0.2, 0.25) is 0 Å². The lowest BCUT2D eigenvalue weighted by molar-refractivity contribution is -0.373. The zero-order chi connectivity index (χ0) is 48.4. The average molecular weight is 943 g/mol. The number of rotatable bonds is 9. The van der Waals surface area contributed by atoms with Crippen molar-refractivity contribution in [1.82, 2.24) is 0 Å². The molecule has 6 fully saturated rings. The van der Waals surface area contributed by atoms with Gasteiger partial charge in [0.15, 0.2) is 18.9 Å². The molecule has 5 aliphatic carbocycles. The molecule has 378 valence electrons. The molecule has 8 rings (SSSR count). The molecule has 3 heterocycles. The fourth-order valence-electron chi connectivity index (χ4n) is 14.5. The highest BCUT2D eigenvalue weighted by atomic mass is 16.8. The molecule has 8 aliphatic rings. The van der Waals surface area contributed by atoms with Crippen LogP contribution in [-0.4, -0.2) is 192 Å². The minimum atomic E-state index is -1.78. The van der Waals surface area contributed by atoms with Crippen molar-refractivity contribution in [3.05, 3.63) is 23.3 Å². The van der Waals surface area contributed by atoms with Gasteiger partial charge in [0.1, 0.15) is 67.1 Å². The largest absolute Gasteiger partial charge is 0.395 e. The van der Waals surface area contributed by atoms with Gasteiger partial charge < -0.3 is 89.7 Å². The monoisotopic (exact) mass is 943 g/mol. The Hall–Kier alpha value is -1.24. The van der Waals surface area contributed by atoms with E-state index in [9.17, 15) is 61.3 Å². The molecule has 3 saturated heterocycles. The molecular formula is C48H78O18. The molecule has 18 nitrogen and oxygen atoms in total. The summed E-state index contributed by atoms with van der Waals surface area (Å²) in [5.74, 6) is 0.0409. The highest BCUT2D eigenvalue weighted by Gasteiger charge is 2.71. The van der Waals surface area contributed by atoms with E-state index >= 15 is 0 Å². The predicted octanol–water partition coefficient (Wildman–Crippen LogP) is -0.497. The molecule has 18 heteroatoms. The van der Waals surface area contributed by atoms with Gasteiger partial charge in [-0.15, -0.1) is 0 Å². The van der Waals surface area contributed by atoms with Gasteiger partial charge >= 0.3 is 0 Å². The predicted molar refractivity (Wildman–Crippen MR) is 231 cm³/mol. The highest BCUT2D eigenvalue weighted by molar-refractivity contribution is 5.48. The number of hydrogen-bond donors (Lipinski definition) is 12. The van der Waals surface area contributed by atoms with Crippen molar-refractivity contribution in [2.45, 2.75) is 211 Å². The van der Waals surface area contributed by atoms with Gasteiger partial charge in [-0.3, -0.25) is 0 Å². The maximum atomic E-state index is 12.4. The number of allylic oxidation sites excluding steroid dienone is 2. The van der Waals surface area contributed by atoms with Crippen molar-refractivity contribution >= 4 is 0 Å².